The first-order chi connectivity index (χ1) is 6.81. The number of methoxy groups -OCH3 is 1. The molecule has 0 bridgehead atoms. The maximum absolute atomic E-state index is 5.57. The Balaban J connectivity index is 2.46. The van der Waals surface area contributed by atoms with Crippen LogP contribution in [-0.4, -0.2) is 26.9 Å². The highest BCUT2D eigenvalue weighted by Gasteiger charge is 2.05. The number of aromatic nitrogens is 4. The summed E-state index contributed by atoms with van der Waals surface area (Å²) in [5, 5.41) is 3.99. The molecule has 2 aromatic rings. The number of hydrogen-bond donors (Lipinski definition) is 1. The van der Waals surface area contributed by atoms with E-state index < -0.39 is 0 Å². The van der Waals surface area contributed by atoms with E-state index in [0.717, 1.165) is 0 Å². The topological polar surface area (TPSA) is 78.8 Å². The monoisotopic (exact) mass is 191 g/mol. The van der Waals surface area contributed by atoms with Crippen LogP contribution in [0.15, 0.2) is 24.7 Å². The van der Waals surface area contributed by atoms with Gasteiger partial charge in [-0.1, -0.05) is 0 Å². The van der Waals surface area contributed by atoms with Crippen LogP contribution in [0.5, 0.6) is 5.88 Å². The number of rotatable bonds is 2. The smallest absolute Gasteiger partial charge is 0.253 e. The molecule has 0 aromatic carbocycles. The van der Waals surface area contributed by atoms with Gasteiger partial charge in [-0.15, -0.1) is 0 Å². The molecule has 0 unspecified atom stereocenters. The van der Waals surface area contributed by atoms with E-state index in [4.69, 9.17) is 10.5 Å². The summed E-state index contributed by atoms with van der Waals surface area (Å²) >= 11 is 0. The predicted octanol–water partition coefficient (Wildman–Crippen LogP) is 0.253. The summed E-state index contributed by atoms with van der Waals surface area (Å²) in [7, 11) is 1.51. The first-order valence-electron chi connectivity index (χ1n) is 3.98. The molecule has 0 fully saturated rings. The fourth-order valence-electron chi connectivity index (χ4n) is 1.03. The van der Waals surface area contributed by atoms with Crippen LogP contribution in [0, 0.1) is 0 Å². The van der Waals surface area contributed by atoms with E-state index in [-0.39, 0.29) is 0 Å². The summed E-state index contributed by atoms with van der Waals surface area (Å²) in [6.07, 6.45) is 4.88. The fraction of sp³-hybridized carbons (Fsp3) is 0.125. The first kappa shape index (κ1) is 8.49. The third kappa shape index (κ3) is 1.37. The van der Waals surface area contributed by atoms with Gasteiger partial charge in [0.15, 0.2) is 0 Å². The Morgan fingerprint density at radius 1 is 1.50 bits per heavy atom. The zero-order valence-corrected chi connectivity index (χ0v) is 7.58. The van der Waals surface area contributed by atoms with Gasteiger partial charge >= 0.3 is 0 Å². The summed E-state index contributed by atoms with van der Waals surface area (Å²) in [4.78, 5) is 8.09. The van der Waals surface area contributed by atoms with Crippen LogP contribution < -0.4 is 10.5 Å². The minimum Gasteiger partial charge on any atom is -0.479 e. The Kier molecular flexibility index (Phi) is 2.02. The fourth-order valence-corrected chi connectivity index (χ4v) is 1.03. The van der Waals surface area contributed by atoms with Gasteiger partial charge in [0.1, 0.15) is 5.69 Å². The Bertz CT molecular complexity index is 425. The van der Waals surface area contributed by atoms with Crippen molar-refractivity contribution in [3.63, 3.8) is 0 Å². The van der Waals surface area contributed by atoms with E-state index in [0.29, 0.717) is 17.5 Å². The van der Waals surface area contributed by atoms with Gasteiger partial charge in [0.2, 0.25) is 5.88 Å². The van der Waals surface area contributed by atoms with Gasteiger partial charge < -0.3 is 10.5 Å². The molecule has 6 nitrogen and oxygen atoms in total. The molecular formula is C8H9N5O. The molecule has 2 rings (SSSR count). The summed E-state index contributed by atoms with van der Waals surface area (Å²) < 4.78 is 6.50. The van der Waals surface area contributed by atoms with Crippen molar-refractivity contribution in [3.05, 3.63) is 24.7 Å². The SMILES string of the molecule is COc1nc(-n2cccn2)ncc1N. The molecule has 2 aromatic heterocycles. The second-order valence-electron chi connectivity index (χ2n) is 2.59. The molecule has 0 amide bonds. The molecule has 0 saturated carbocycles. The van der Waals surface area contributed by atoms with Crippen molar-refractivity contribution in [2.75, 3.05) is 12.8 Å². The van der Waals surface area contributed by atoms with Gasteiger partial charge in [-0.3, -0.25) is 0 Å². The van der Waals surface area contributed by atoms with E-state index >= 15 is 0 Å². The maximum Gasteiger partial charge on any atom is 0.253 e. The molecule has 2 heterocycles. The van der Waals surface area contributed by atoms with Crippen molar-refractivity contribution in [2.45, 2.75) is 0 Å². The molecule has 0 saturated heterocycles. The molecule has 2 N–H and O–H groups in total. The Labute approximate surface area is 80.4 Å². The average molecular weight is 191 g/mol. The highest BCUT2D eigenvalue weighted by Crippen LogP contribution is 2.16. The van der Waals surface area contributed by atoms with Crippen LogP contribution in [0.2, 0.25) is 0 Å². The summed E-state index contributed by atoms with van der Waals surface area (Å²) in [5.74, 6) is 0.784. The van der Waals surface area contributed by atoms with Gasteiger partial charge in [0, 0.05) is 12.4 Å². The third-order valence-electron chi connectivity index (χ3n) is 1.67. The van der Waals surface area contributed by atoms with Crippen LogP contribution in [0.25, 0.3) is 5.95 Å². The molecule has 6 heteroatoms. The minimum absolute atomic E-state index is 0.352. The van der Waals surface area contributed by atoms with Gasteiger partial charge in [0.25, 0.3) is 5.95 Å². The first-order valence-corrected chi connectivity index (χ1v) is 3.98. The third-order valence-corrected chi connectivity index (χ3v) is 1.67. The number of nitrogens with zero attached hydrogens (tertiary/aromatic N) is 4. The molecule has 0 aliphatic rings. The van der Waals surface area contributed by atoms with Crippen molar-refractivity contribution in [2.24, 2.45) is 0 Å². The Morgan fingerprint density at radius 3 is 3.00 bits per heavy atom. The number of nitrogens with two attached hydrogens (primary N) is 1. The number of nitrogen functional groups attached to an aromatic ring is 1. The number of anilines is 1. The van der Waals surface area contributed by atoms with Crippen LogP contribution in [0.3, 0.4) is 0 Å². The van der Waals surface area contributed by atoms with Crippen LogP contribution >= 0.6 is 0 Å². The van der Waals surface area contributed by atoms with Crippen molar-refractivity contribution in [3.8, 4) is 11.8 Å². The lowest BCUT2D eigenvalue weighted by Gasteiger charge is -2.04. The van der Waals surface area contributed by atoms with Gasteiger partial charge in [0.05, 0.1) is 13.3 Å². The number of hydrogen-bond acceptors (Lipinski definition) is 5. The quantitative estimate of drug-likeness (QED) is 0.736. The van der Waals surface area contributed by atoms with Crippen LogP contribution in [0.1, 0.15) is 0 Å². The zero-order valence-electron chi connectivity index (χ0n) is 7.58. The van der Waals surface area contributed by atoms with Crippen molar-refractivity contribution < 1.29 is 4.74 Å². The largest absolute Gasteiger partial charge is 0.479 e. The van der Waals surface area contributed by atoms with E-state index in [9.17, 15) is 0 Å². The van der Waals surface area contributed by atoms with Crippen LogP contribution in [-0.2, 0) is 0 Å². The molecule has 0 radical (unpaired) electrons. The molecule has 72 valence electrons. The predicted molar refractivity (Wildman–Crippen MR) is 50.1 cm³/mol. The van der Waals surface area contributed by atoms with E-state index in [2.05, 4.69) is 15.1 Å². The van der Waals surface area contributed by atoms with E-state index in [1.807, 2.05) is 0 Å². The van der Waals surface area contributed by atoms with Crippen LogP contribution in [0.4, 0.5) is 5.69 Å². The normalized spacial score (nSPS) is 10.1. The lowest BCUT2D eigenvalue weighted by atomic mass is 10.5. The van der Waals surface area contributed by atoms with Crippen molar-refractivity contribution >= 4 is 5.69 Å². The zero-order chi connectivity index (χ0) is 9.97. The second kappa shape index (κ2) is 3.33. The molecular weight excluding hydrogens is 182 g/mol. The number of ether oxygens (including phenoxy) is 1. The molecule has 0 spiro atoms. The standard InChI is InChI=1S/C8H9N5O/c1-14-7-6(9)5-10-8(12-7)13-4-2-3-11-13/h2-5H,9H2,1H3. The van der Waals surface area contributed by atoms with Crippen molar-refractivity contribution in [1.29, 1.82) is 0 Å². The molecule has 0 aliphatic heterocycles. The summed E-state index contributed by atoms with van der Waals surface area (Å²) in [6, 6.07) is 1.78. The molecule has 14 heavy (non-hydrogen) atoms. The van der Waals surface area contributed by atoms with Gasteiger partial charge in [-0.05, 0) is 6.07 Å². The summed E-state index contributed by atoms with van der Waals surface area (Å²) in [5.41, 5.74) is 5.98. The van der Waals surface area contributed by atoms with Gasteiger partial charge in [-0.25, -0.2) is 9.67 Å². The molecule has 0 atom stereocenters. The maximum atomic E-state index is 5.57. The highest BCUT2D eigenvalue weighted by molar-refractivity contribution is 5.46. The van der Waals surface area contributed by atoms with E-state index in [1.165, 1.54) is 18.0 Å². The summed E-state index contributed by atoms with van der Waals surface area (Å²) in [6.45, 7) is 0. The Morgan fingerprint density at radius 2 is 2.36 bits per heavy atom. The van der Waals surface area contributed by atoms with E-state index in [1.54, 1.807) is 18.5 Å². The second-order valence-corrected chi connectivity index (χ2v) is 2.59. The average Bonchev–Trinajstić information content (AvgIpc) is 2.71. The lowest BCUT2D eigenvalue weighted by molar-refractivity contribution is 0.398. The molecule has 0 aliphatic carbocycles. The highest BCUT2D eigenvalue weighted by atomic mass is 16.5. The minimum atomic E-state index is 0.352. The van der Waals surface area contributed by atoms with Crippen molar-refractivity contribution in [1.82, 2.24) is 19.7 Å². The Hall–Kier alpha value is -2.11. The van der Waals surface area contributed by atoms with Gasteiger partial charge in [-0.2, -0.15) is 10.1 Å². The lowest BCUT2D eigenvalue weighted by Crippen LogP contribution is -2.04.